The molecule has 0 bridgehead atoms. The first-order chi connectivity index (χ1) is 8.31. The normalized spacial score (nSPS) is 26.6. The lowest BCUT2D eigenvalue weighted by atomic mass is 10.1. The van der Waals surface area contributed by atoms with Gasteiger partial charge >= 0.3 is 0 Å². The van der Waals surface area contributed by atoms with E-state index >= 15 is 0 Å². The summed E-state index contributed by atoms with van der Waals surface area (Å²) in [7, 11) is 1.80. The van der Waals surface area contributed by atoms with Crippen molar-refractivity contribution in [2.75, 3.05) is 33.4 Å². The molecule has 0 aromatic heterocycles. The van der Waals surface area contributed by atoms with Gasteiger partial charge in [0, 0.05) is 25.7 Å². The Bertz CT molecular complexity index is 212. The Balaban J connectivity index is 1.72. The highest BCUT2D eigenvalue weighted by Gasteiger charge is 2.31. The second-order valence-corrected chi connectivity index (χ2v) is 5.69. The van der Waals surface area contributed by atoms with Crippen LogP contribution in [0, 0.1) is 5.92 Å². The van der Waals surface area contributed by atoms with Crippen molar-refractivity contribution in [1.82, 2.24) is 10.2 Å². The molecule has 1 saturated carbocycles. The molecule has 17 heavy (non-hydrogen) atoms. The molecular formula is C14H28N2O. The van der Waals surface area contributed by atoms with Gasteiger partial charge in [-0.2, -0.15) is 0 Å². The Morgan fingerprint density at radius 1 is 1.29 bits per heavy atom. The fourth-order valence-corrected chi connectivity index (χ4v) is 2.93. The van der Waals surface area contributed by atoms with Crippen molar-refractivity contribution in [3.8, 4) is 0 Å². The van der Waals surface area contributed by atoms with E-state index in [-0.39, 0.29) is 0 Å². The number of ether oxygens (including phenoxy) is 1. The number of methoxy groups -OCH3 is 1. The van der Waals surface area contributed by atoms with Crippen LogP contribution in [0.2, 0.25) is 0 Å². The summed E-state index contributed by atoms with van der Waals surface area (Å²) in [5.41, 5.74) is 0. The highest BCUT2D eigenvalue weighted by atomic mass is 16.5. The van der Waals surface area contributed by atoms with Gasteiger partial charge in [0.15, 0.2) is 0 Å². The smallest absolute Gasteiger partial charge is 0.0589 e. The predicted octanol–water partition coefficient (Wildman–Crippen LogP) is 1.88. The SMILES string of the molecule is COCCN(CCC1CCCN1)C(C)C1CC1. The van der Waals surface area contributed by atoms with E-state index in [0.717, 1.165) is 31.2 Å². The van der Waals surface area contributed by atoms with Crippen molar-refractivity contribution < 1.29 is 4.74 Å². The zero-order valence-electron chi connectivity index (χ0n) is 11.5. The van der Waals surface area contributed by atoms with E-state index in [4.69, 9.17) is 4.74 Å². The van der Waals surface area contributed by atoms with Gasteiger partial charge in [0.1, 0.15) is 0 Å². The van der Waals surface area contributed by atoms with Crippen molar-refractivity contribution in [2.24, 2.45) is 5.92 Å². The highest BCUT2D eigenvalue weighted by Crippen LogP contribution is 2.35. The topological polar surface area (TPSA) is 24.5 Å². The van der Waals surface area contributed by atoms with Crippen molar-refractivity contribution >= 4 is 0 Å². The summed E-state index contributed by atoms with van der Waals surface area (Å²) in [5, 5.41) is 3.59. The standard InChI is InChI=1S/C14H28N2O/c1-12(13-5-6-13)16(10-11-17-2)9-7-14-4-3-8-15-14/h12-15H,3-11H2,1-2H3. The summed E-state index contributed by atoms with van der Waals surface area (Å²) in [6.07, 6.45) is 6.91. The molecule has 0 spiro atoms. The molecule has 1 aliphatic carbocycles. The molecule has 2 atom stereocenters. The molecule has 2 fully saturated rings. The molecule has 1 N–H and O–H groups in total. The summed E-state index contributed by atoms with van der Waals surface area (Å²) < 4.78 is 5.24. The van der Waals surface area contributed by atoms with Crippen molar-refractivity contribution in [2.45, 2.75) is 51.1 Å². The molecule has 3 nitrogen and oxygen atoms in total. The third-order valence-corrected chi connectivity index (χ3v) is 4.39. The number of hydrogen-bond acceptors (Lipinski definition) is 3. The van der Waals surface area contributed by atoms with E-state index in [0.29, 0.717) is 0 Å². The molecule has 3 heteroatoms. The number of rotatable bonds is 8. The summed E-state index contributed by atoms with van der Waals surface area (Å²) in [6, 6.07) is 1.53. The maximum absolute atomic E-state index is 5.24. The Hall–Kier alpha value is -0.120. The van der Waals surface area contributed by atoms with E-state index in [9.17, 15) is 0 Å². The van der Waals surface area contributed by atoms with Crippen LogP contribution < -0.4 is 5.32 Å². The minimum atomic E-state index is 0.756. The largest absolute Gasteiger partial charge is 0.383 e. The zero-order valence-corrected chi connectivity index (χ0v) is 11.5. The van der Waals surface area contributed by atoms with E-state index in [1.54, 1.807) is 7.11 Å². The van der Waals surface area contributed by atoms with Crippen LogP contribution in [-0.2, 0) is 4.74 Å². The predicted molar refractivity (Wildman–Crippen MR) is 71.3 cm³/mol. The zero-order chi connectivity index (χ0) is 12.1. The lowest BCUT2D eigenvalue weighted by molar-refractivity contribution is 0.114. The van der Waals surface area contributed by atoms with Gasteiger partial charge in [0.2, 0.25) is 0 Å². The average molecular weight is 240 g/mol. The second-order valence-electron chi connectivity index (χ2n) is 5.69. The van der Waals surface area contributed by atoms with Crippen molar-refractivity contribution in [3.63, 3.8) is 0 Å². The second kappa shape index (κ2) is 6.72. The van der Waals surface area contributed by atoms with Gasteiger partial charge in [-0.15, -0.1) is 0 Å². The molecule has 100 valence electrons. The van der Waals surface area contributed by atoms with Crippen LogP contribution in [0.25, 0.3) is 0 Å². The summed E-state index contributed by atoms with van der Waals surface area (Å²) >= 11 is 0. The molecule has 0 amide bonds. The van der Waals surface area contributed by atoms with Crippen molar-refractivity contribution in [1.29, 1.82) is 0 Å². The first-order valence-electron chi connectivity index (χ1n) is 7.27. The minimum absolute atomic E-state index is 0.756. The van der Waals surface area contributed by atoms with Gasteiger partial charge in [-0.25, -0.2) is 0 Å². The molecule has 1 heterocycles. The maximum atomic E-state index is 5.24. The third-order valence-electron chi connectivity index (χ3n) is 4.39. The Morgan fingerprint density at radius 3 is 2.71 bits per heavy atom. The van der Waals surface area contributed by atoms with Crippen LogP contribution in [0.3, 0.4) is 0 Å². The molecular weight excluding hydrogens is 212 g/mol. The average Bonchev–Trinajstić information content (AvgIpc) is 3.06. The molecule has 0 radical (unpaired) electrons. The Kier molecular flexibility index (Phi) is 5.26. The monoisotopic (exact) mass is 240 g/mol. The summed E-state index contributed by atoms with van der Waals surface area (Å²) in [4.78, 5) is 2.64. The van der Waals surface area contributed by atoms with E-state index in [1.165, 1.54) is 45.2 Å². The van der Waals surface area contributed by atoms with Gasteiger partial charge < -0.3 is 10.1 Å². The van der Waals surface area contributed by atoms with Gasteiger partial charge in [-0.05, 0) is 58.0 Å². The van der Waals surface area contributed by atoms with Crippen LogP contribution in [0.15, 0.2) is 0 Å². The molecule has 0 aromatic carbocycles. The first kappa shape index (κ1) is 13.3. The molecule has 1 saturated heterocycles. The van der Waals surface area contributed by atoms with Crippen LogP contribution in [0.1, 0.15) is 39.0 Å². The van der Waals surface area contributed by atoms with E-state index in [1.807, 2.05) is 0 Å². The fraction of sp³-hybridized carbons (Fsp3) is 1.00. The molecule has 1 aliphatic heterocycles. The molecule has 0 aromatic rings. The van der Waals surface area contributed by atoms with E-state index < -0.39 is 0 Å². The molecule has 2 rings (SSSR count). The number of hydrogen-bond donors (Lipinski definition) is 1. The Morgan fingerprint density at radius 2 is 2.12 bits per heavy atom. The van der Waals surface area contributed by atoms with Gasteiger partial charge in [0.25, 0.3) is 0 Å². The fourth-order valence-electron chi connectivity index (χ4n) is 2.93. The highest BCUT2D eigenvalue weighted by molar-refractivity contribution is 4.86. The molecule has 2 aliphatic rings. The van der Waals surface area contributed by atoms with Crippen LogP contribution in [0.5, 0.6) is 0 Å². The number of nitrogens with zero attached hydrogens (tertiary/aromatic N) is 1. The molecule has 2 unspecified atom stereocenters. The summed E-state index contributed by atoms with van der Waals surface area (Å²) in [6.45, 7) is 6.82. The van der Waals surface area contributed by atoms with E-state index in [2.05, 4.69) is 17.1 Å². The Labute approximate surface area is 106 Å². The quantitative estimate of drug-likeness (QED) is 0.701. The maximum Gasteiger partial charge on any atom is 0.0589 e. The van der Waals surface area contributed by atoms with Crippen molar-refractivity contribution in [3.05, 3.63) is 0 Å². The van der Waals surface area contributed by atoms with Crippen LogP contribution >= 0.6 is 0 Å². The van der Waals surface area contributed by atoms with Crippen LogP contribution in [0.4, 0.5) is 0 Å². The van der Waals surface area contributed by atoms with Crippen LogP contribution in [-0.4, -0.2) is 50.3 Å². The van der Waals surface area contributed by atoms with Gasteiger partial charge in [-0.1, -0.05) is 0 Å². The first-order valence-corrected chi connectivity index (χ1v) is 7.27. The third kappa shape index (κ3) is 4.23. The lowest BCUT2D eigenvalue weighted by Crippen LogP contribution is -2.40. The van der Waals surface area contributed by atoms with Gasteiger partial charge in [0.05, 0.1) is 6.61 Å². The summed E-state index contributed by atoms with van der Waals surface area (Å²) in [5.74, 6) is 0.961. The number of nitrogens with one attached hydrogen (secondary N) is 1. The van der Waals surface area contributed by atoms with Gasteiger partial charge in [-0.3, -0.25) is 4.90 Å². The lowest BCUT2D eigenvalue weighted by Gasteiger charge is -2.30. The minimum Gasteiger partial charge on any atom is -0.383 e.